The molecule has 2 aromatic rings. The lowest BCUT2D eigenvalue weighted by atomic mass is 10.3. The minimum Gasteiger partial charge on any atom is -0.415 e. The lowest BCUT2D eigenvalue weighted by Gasteiger charge is -2.09. The second-order valence-electron chi connectivity index (χ2n) is 4.38. The Kier molecular flexibility index (Phi) is 4.21. The van der Waals surface area contributed by atoms with E-state index in [9.17, 15) is 13.2 Å². The van der Waals surface area contributed by atoms with Gasteiger partial charge in [0.15, 0.2) is 17.5 Å². The molecule has 0 unspecified atom stereocenters. The minimum absolute atomic E-state index is 0.207. The molecule has 21 heavy (non-hydrogen) atoms. The van der Waals surface area contributed by atoms with E-state index >= 15 is 0 Å². The van der Waals surface area contributed by atoms with Gasteiger partial charge in [-0.2, -0.15) is 4.73 Å². The van der Waals surface area contributed by atoms with Gasteiger partial charge in [0.25, 0.3) is 0 Å². The Balaban J connectivity index is 2.39. The number of benzene rings is 1. The van der Waals surface area contributed by atoms with Crippen LogP contribution in [0.3, 0.4) is 0 Å². The maximum atomic E-state index is 13.3. The summed E-state index contributed by atoms with van der Waals surface area (Å²) in [5, 5.41) is 2.71. The molecule has 1 N–H and O–H groups in total. The van der Waals surface area contributed by atoms with Crippen LogP contribution in [-0.2, 0) is 0 Å². The van der Waals surface area contributed by atoms with Crippen LogP contribution in [0, 0.1) is 11.6 Å². The molecule has 0 bridgehead atoms. The molecule has 0 atom stereocenters. The Bertz CT molecular complexity index is 718. The third-order valence-electron chi connectivity index (χ3n) is 2.77. The quantitative estimate of drug-likeness (QED) is 0.922. The van der Waals surface area contributed by atoms with E-state index in [0.29, 0.717) is 11.4 Å². The van der Waals surface area contributed by atoms with Gasteiger partial charge in [-0.3, -0.25) is 0 Å². The van der Waals surface area contributed by atoms with Gasteiger partial charge in [-0.05, 0) is 6.92 Å². The van der Waals surface area contributed by atoms with Crippen LogP contribution in [0.4, 0.5) is 13.2 Å². The van der Waals surface area contributed by atoms with E-state index in [1.165, 1.54) is 25.0 Å². The van der Waals surface area contributed by atoms with Crippen molar-refractivity contribution in [3.05, 3.63) is 48.2 Å². The van der Waals surface area contributed by atoms with Crippen LogP contribution >= 0.6 is 0 Å². The molecule has 0 aliphatic rings. The second kappa shape index (κ2) is 5.90. The first-order valence-corrected chi connectivity index (χ1v) is 6.09. The number of hydrogen-bond donors (Lipinski definition) is 1. The summed E-state index contributed by atoms with van der Waals surface area (Å²) in [5.74, 6) is -2.07. The third-order valence-corrected chi connectivity index (χ3v) is 2.77. The monoisotopic (exact) mass is 297 g/mol. The van der Waals surface area contributed by atoms with Crippen molar-refractivity contribution < 1.29 is 18.0 Å². The topological polar surface area (TPSA) is 39.1 Å². The third kappa shape index (κ3) is 3.01. The number of aromatic nitrogens is 2. The predicted octanol–water partition coefficient (Wildman–Crippen LogP) is 2.81. The summed E-state index contributed by atoms with van der Waals surface area (Å²) in [7, 11) is 1.37. The fraction of sp³-hybridized carbons (Fsp3) is 0.214. The molecule has 112 valence electrons. The van der Waals surface area contributed by atoms with Gasteiger partial charge in [0.1, 0.15) is 18.5 Å². The SMILES string of the molecule is C=C(CN/C=C(\C)F)c1nc2cc(F)c(F)cc2n1OC. The zero-order chi connectivity index (χ0) is 15.6. The minimum atomic E-state index is -0.994. The van der Waals surface area contributed by atoms with Crippen molar-refractivity contribution in [3.8, 4) is 0 Å². The van der Waals surface area contributed by atoms with Crippen molar-refractivity contribution in [3.63, 3.8) is 0 Å². The summed E-state index contributed by atoms with van der Waals surface area (Å²) in [5.41, 5.74) is 1.00. The number of allylic oxidation sites excluding steroid dienone is 1. The highest BCUT2D eigenvalue weighted by Crippen LogP contribution is 2.22. The van der Waals surface area contributed by atoms with Crippen molar-refractivity contribution in [1.82, 2.24) is 15.0 Å². The van der Waals surface area contributed by atoms with Crippen molar-refractivity contribution in [2.45, 2.75) is 6.92 Å². The van der Waals surface area contributed by atoms with E-state index in [-0.39, 0.29) is 23.4 Å². The summed E-state index contributed by atoms with van der Waals surface area (Å²) < 4.78 is 40.4. The van der Waals surface area contributed by atoms with E-state index < -0.39 is 11.6 Å². The zero-order valence-corrected chi connectivity index (χ0v) is 11.6. The summed E-state index contributed by atoms with van der Waals surface area (Å²) in [6, 6.07) is 1.98. The van der Waals surface area contributed by atoms with Gasteiger partial charge in [0.2, 0.25) is 0 Å². The zero-order valence-electron chi connectivity index (χ0n) is 11.6. The maximum Gasteiger partial charge on any atom is 0.173 e. The molecule has 0 saturated heterocycles. The molecule has 4 nitrogen and oxygen atoms in total. The van der Waals surface area contributed by atoms with Gasteiger partial charge >= 0.3 is 0 Å². The van der Waals surface area contributed by atoms with E-state index in [2.05, 4.69) is 16.9 Å². The van der Waals surface area contributed by atoms with E-state index in [1.54, 1.807) is 0 Å². The smallest absolute Gasteiger partial charge is 0.173 e. The predicted molar refractivity (Wildman–Crippen MR) is 74.1 cm³/mol. The normalized spacial score (nSPS) is 11.8. The lowest BCUT2D eigenvalue weighted by molar-refractivity contribution is 0.174. The fourth-order valence-corrected chi connectivity index (χ4v) is 1.85. The van der Waals surface area contributed by atoms with Crippen molar-refractivity contribution >= 4 is 16.6 Å². The van der Waals surface area contributed by atoms with Crippen LogP contribution in [-0.4, -0.2) is 23.4 Å². The van der Waals surface area contributed by atoms with Gasteiger partial charge in [-0.15, -0.1) is 0 Å². The van der Waals surface area contributed by atoms with Crippen LogP contribution in [0.5, 0.6) is 0 Å². The van der Waals surface area contributed by atoms with Gasteiger partial charge in [-0.25, -0.2) is 18.2 Å². The Labute approximate surface area is 119 Å². The number of nitrogens with one attached hydrogen (secondary N) is 1. The number of halogens is 3. The standard InChI is InChI=1S/C14H14F3N3O/c1-8(6-18-7-9(2)15)14-19-12-4-10(16)11(17)5-13(12)20(14)21-3/h4-5,7,18H,1,6H2,2-3H3/b9-7+. The number of fused-ring (bicyclic) bond motifs is 1. The summed E-state index contributed by atoms with van der Waals surface area (Å²) in [4.78, 5) is 9.29. The lowest BCUT2D eigenvalue weighted by Crippen LogP contribution is -2.15. The molecule has 0 aliphatic carbocycles. The number of hydrogen-bond acceptors (Lipinski definition) is 3. The molecule has 7 heteroatoms. The molecule has 1 aromatic carbocycles. The Morgan fingerprint density at radius 1 is 1.43 bits per heavy atom. The first-order valence-electron chi connectivity index (χ1n) is 6.09. The van der Waals surface area contributed by atoms with Crippen molar-refractivity contribution in [1.29, 1.82) is 0 Å². The second-order valence-corrected chi connectivity index (χ2v) is 4.38. The van der Waals surface area contributed by atoms with Crippen LogP contribution < -0.4 is 10.2 Å². The average molecular weight is 297 g/mol. The van der Waals surface area contributed by atoms with Crippen molar-refractivity contribution in [2.75, 3.05) is 13.7 Å². The highest BCUT2D eigenvalue weighted by Gasteiger charge is 2.16. The summed E-state index contributed by atoms with van der Waals surface area (Å²) in [6.07, 6.45) is 1.18. The molecule has 0 aliphatic heterocycles. The van der Waals surface area contributed by atoms with Gasteiger partial charge in [0, 0.05) is 30.5 Å². The number of imidazole rings is 1. The molecule has 0 radical (unpaired) electrons. The number of nitrogens with zero attached hydrogens (tertiary/aromatic N) is 2. The molecule has 0 fully saturated rings. The van der Waals surface area contributed by atoms with Crippen LogP contribution in [0.1, 0.15) is 12.7 Å². The molecule has 0 amide bonds. The molecule has 1 aromatic heterocycles. The Hall–Kier alpha value is -2.44. The number of rotatable bonds is 5. The largest absolute Gasteiger partial charge is 0.415 e. The highest BCUT2D eigenvalue weighted by atomic mass is 19.2. The Morgan fingerprint density at radius 3 is 2.71 bits per heavy atom. The van der Waals surface area contributed by atoms with Crippen LogP contribution in [0.15, 0.2) is 30.7 Å². The van der Waals surface area contributed by atoms with Crippen LogP contribution in [0.2, 0.25) is 0 Å². The van der Waals surface area contributed by atoms with Gasteiger partial charge in [-0.1, -0.05) is 6.58 Å². The van der Waals surface area contributed by atoms with E-state index in [0.717, 1.165) is 12.1 Å². The molecular formula is C14H14F3N3O. The Morgan fingerprint density at radius 2 is 2.10 bits per heavy atom. The van der Waals surface area contributed by atoms with E-state index in [4.69, 9.17) is 4.84 Å². The molecule has 0 spiro atoms. The molecular weight excluding hydrogens is 283 g/mol. The maximum absolute atomic E-state index is 13.3. The van der Waals surface area contributed by atoms with Gasteiger partial charge < -0.3 is 10.2 Å². The molecule has 2 rings (SSSR count). The van der Waals surface area contributed by atoms with Crippen molar-refractivity contribution in [2.24, 2.45) is 0 Å². The summed E-state index contributed by atoms with van der Waals surface area (Å²) in [6.45, 7) is 5.31. The van der Waals surface area contributed by atoms with Crippen LogP contribution in [0.25, 0.3) is 16.6 Å². The summed E-state index contributed by atoms with van der Waals surface area (Å²) >= 11 is 0. The first kappa shape index (κ1) is 15.0. The van der Waals surface area contributed by atoms with Gasteiger partial charge in [0.05, 0.1) is 5.52 Å². The average Bonchev–Trinajstić information content (AvgIpc) is 2.76. The van der Waals surface area contributed by atoms with E-state index in [1.807, 2.05) is 0 Å². The molecule has 0 saturated carbocycles. The first-order chi connectivity index (χ1) is 9.93. The fourth-order valence-electron chi connectivity index (χ4n) is 1.85. The molecule has 1 heterocycles. The highest BCUT2D eigenvalue weighted by molar-refractivity contribution is 5.79.